The van der Waals surface area contributed by atoms with Gasteiger partial charge in [-0.25, -0.2) is 8.42 Å². The third-order valence-electron chi connectivity index (χ3n) is 3.75. The molecule has 0 aliphatic carbocycles. The lowest BCUT2D eigenvalue weighted by Gasteiger charge is -2.34. The lowest BCUT2D eigenvalue weighted by atomic mass is 10.1. The highest BCUT2D eigenvalue weighted by atomic mass is 32.2. The van der Waals surface area contributed by atoms with Gasteiger partial charge in [0, 0.05) is 26.2 Å². The molecular weight excluding hydrogens is 333 g/mol. The first kappa shape index (κ1) is 17.7. The Hall–Kier alpha value is -1.61. The van der Waals surface area contributed by atoms with E-state index in [-0.39, 0.29) is 31.9 Å². The van der Waals surface area contributed by atoms with Crippen molar-refractivity contribution in [2.45, 2.75) is 13.1 Å². The van der Waals surface area contributed by atoms with Gasteiger partial charge < -0.3 is 4.90 Å². The monoisotopic (exact) mass is 350 g/mol. The van der Waals surface area contributed by atoms with Crippen LogP contribution in [-0.4, -0.2) is 55.5 Å². The van der Waals surface area contributed by atoms with Crippen molar-refractivity contribution in [3.63, 3.8) is 0 Å². The Morgan fingerprint density at radius 1 is 1.13 bits per heavy atom. The molecule has 1 aliphatic rings. The summed E-state index contributed by atoms with van der Waals surface area (Å²) in [5.74, 6) is -0.774. The van der Waals surface area contributed by atoms with Crippen LogP contribution in [0.1, 0.15) is 22.8 Å². The number of hydrogen-bond acceptors (Lipinski definition) is 3. The van der Waals surface area contributed by atoms with Crippen molar-refractivity contribution in [2.24, 2.45) is 0 Å². The van der Waals surface area contributed by atoms with Gasteiger partial charge in [-0.05, 0) is 19.1 Å². The maximum atomic E-state index is 13.0. The molecule has 5 nitrogen and oxygen atoms in total. The average molecular weight is 350 g/mol. The molecule has 1 aromatic carbocycles. The third kappa shape index (κ3) is 3.84. The molecule has 0 saturated carbocycles. The van der Waals surface area contributed by atoms with Crippen molar-refractivity contribution in [3.8, 4) is 0 Å². The van der Waals surface area contributed by atoms with Crippen LogP contribution < -0.4 is 0 Å². The van der Waals surface area contributed by atoms with Crippen molar-refractivity contribution in [2.75, 3.05) is 31.9 Å². The predicted octanol–water partition coefficient (Wildman–Crippen LogP) is 1.81. The topological polar surface area (TPSA) is 57.7 Å². The van der Waals surface area contributed by atoms with E-state index in [2.05, 4.69) is 0 Å². The molecule has 1 saturated heterocycles. The van der Waals surface area contributed by atoms with Gasteiger partial charge in [0.25, 0.3) is 5.91 Å². The Labute approximate surface area is 132 Å². The van der Waals surface area contributed by atoms with Gasteiger partial charge in [-0.3, -0.25) is 4.79 Å². The zero-order valence-corrected chi connectivity index (χ0v) is 13.3. The summed E-state index contributed by atoms with van der Waals surface area (Å²) in [5.41, 5.74) is -1.39. The number of carbonyl (C=O) groups is 1. The first-order valence-corrected chi connectivity index (χ1v) is 8.71. The molecule has 0 aromatic heterocycles. The molecule has 1 aliphatic heterocycles. The van der Waals surface area contributed by atoms with Crippen molar-refractivity contribution in [1.82, 2.24) is 9.21 Å². The van der Waals surface area contributed by atoms with E-state index >= 15 is 0 Å². The van der Waals surface area contributed by atoms with E-state index in [1.54, 1.807) is 0 Å². The quantitative estimate of drug-likeness (QED) is 0.835. The highest BCUT2D eigenvalue weighted by molar-refractivity contribution is 7.89. The molecule has 0 unspecified atom stereocenters. The molecule has 128 valence electrons. The van der Waals surface area contributed by atoms with E-state index in [1.807, 2.05) is 0 Å². The van der Waals surface area contributed by atoms with Crippen molar-refractivity contribution in [3.05, 3.63) is 35.4 Å². The summed E-state index contributed by atoms with van der Waals surface area (Å²) in [7, 11) is -3.35. The van der Waals surface area contributed by atoms with Crippen LogP contribution >= 0.6 is 0 Å². The molecule has 1 fully saturated rings. The van der Waals surface area contributed by atoms with Gasteiger partial charge in [-0.1, -0.05) is 12.1 Å². The summed E-state index contributed by atoms with van der Waals surface area (Å²) < 4.78 is 63.7. The summed E-state index contributed by atoms with van der Waals surface area (Å²) in [4.78, 5) is 13.6. The van der Waals surface area contributed by atoms with Gasteiger partial charge in [-0.15, -0.1) is 0 Å². The molecule has 1 amide bonds. The smallest absolute Gasteiger partial charge is 0.336 e. The zero-order chi connectivity index (χ0) is 17.3. The lowest BCUT2D eigenvalue weighted by Crippen LogP contribution is -2.51. The minimum atomic E-state index is -4.61. The Bertz CT molecular complexity index is 681. The minimum Gasteiger partial charge on any atom is -0.336 e. The summed E-state index contributed by atoms with van der Waals surface area (Å²) in [6.45, 7) is 1.85. The second kappa shape index (κ2) is 6.48. The first-order valence-electron chi connectivity index (χ1n) is 7.10. The van der Waals surface area contributed by atoms with Crippen LogP contribution in [0.3, 0.4) is 0 Å². The highest BCUT2D eigenvalue weighted by Gasteiger charge is 2.36. The minimum absolute atomic E-state index is 0.0438. The van der Waals surface area contributed by atoms with Crippen molar-refractivity contribution < 1.29 is 26.4 Å². The zero-order valence-electron chi connectivity index (χ0n) is 12.5. The lowest BCUT2D eigenvalue weighted by molar-refractivity contribution is -0.138. The molecule has 0 N–H and O–H groups in total. The summed E-state index contributed by atoms with van der Waals surface area (Å²) in [5, 5.41) is 0. The van der Waals surface area contributed by atoms with E-state index < -0.39 is 33.2 Å². The summed E-state index contributed by atoms with van der Waals surface area (Å²) >= 11 is 0. The fourth-order valence-electron chi connectivity index (χ4n) is 2.44. The Morgan fingerprint density at radius 2 is 1.70 bits per heavy atom. The molecular formula is C14H17F3N2O3S. The van der Waals surface area contributed by atoms with E-state index in [9.17, 15) is 26.4 Å². The molecule has 0 spiro atoms. The molecule has 1 heterocycles. The number of sulfonamides is 1. The first-order chi connectivity index (χ1) is 10.7. The van der Waals surface area contributed by atoms with Gasteiger partial charge >= 0.3 is 6.18 Å². The van der Waals surface area contributed by atoms with E-state index in [4.69, 9.17) is 0 Å². The number of amides is 1. The fraction of sp³-hybridized carbons (Fsp3) is 0.500. The molecule has 0 atom stereocenters. The average Bonchev–Trinajstić information content (AvgIpc) is 2.53. The van der Waals surface area contributed by atoms with Crippen LogP contribution in [0.5, 0.6) is 0 Å². The van der Waals surface area contributed by atoms with Gasteiger partial charge in [0.2, 0.25) is 10.0 Å². The summed E-state index contributed by atoms with van der Waals surface area (Å²) in [6, 6.07) is 4.61. The van der Waals surface area contributed by atoms with Crippen LogP contribution in [-0.2, 0) is 16.2 Å². The van der Waals surface area contributed by atoms with Crippen molar-refractivity contribution in [1.29, 1.82) is 0 Å². The number of piperazine rings is 1. The summed E-state index contributed by atoms with van der Waals surface area (Å²) in [6.07, 6.45) is -4.61. The van der Waals surface area contributed by atoms with Crippen LogP contribution in [0.4, 0.5) is 13.2 Å². The number of halogens is 3. The van der Waals surface area contributed by atoms with Gasteiger partial charge in [0.1, 0.15) is 0 Å². The Balaban J connectivity index is 2.16. The predicted molar refractivity (Wildman–Crippen MR) is 78.4 cm³/mol. The van der Waals surface area contributed by atoms with E-state index in [0.29, 0.717) is 0 Å². The number of hydrogen-bond donors (Lipinski definition) is 0. The number of carbonyl (C=O) groups excluding carboxylic acids is 1. The van der Waals surface area contributed by atoms with Gasteiger partial charge in [0.15, 0.2) is 0 Å². The fourth-order valence-corrected chi connectivity index (χ4v) is 3.52. The van der Waals surface area contributed by atoms with E-state index in [1.165, 1.54) is 28.3 Å². The second-order valence-electron chi connectivity index (χ2n) is 5.14. The van der Waals surface area contributed by atoms with Crippen LogP contribution in [0, 0.1) is 0 Å². The largest absolute Gasteiger partial charge is 0.417 e. The Morgan fingerprint density at radius 3 is 2.22 bits per heavy atom. The molecule has 0 radical (unpaired) electrons. The number of alkyl halides is 3. The van der Waals surface area contributed by atoms with Gasteiger partial charge in [-0.2, -0.15) is 17.5 Å². The molecule has 1 aromatic rings. The standard InChI is InChI=1S/C14H17F3N2O3S/c1-2-23(21,22)19-9-7-18(8-10-19)13(20)11-5-3-4-6-12(11)14(15,16)17/h3-6H,2,7-10H2,1H3. The molecule has 23 heavy (non-hydrogen) atoms. The van der Waals surface area contributed by atoms with Crippen LogP contribution in [0.15, 0.2) is 24.3 Å². The molecule has 0 bridgehead atoms. The van der Waals surface area contributed by atoms with Crippen LogP contribution in [0.2, 0.25) is 0 Å². The maximum Gasteiger partial charge on any atom is 0.417 e. The normalized spacial score (nSPS) is 17.3. The molecule has 2 rings (SSSR count). The number of rotatable bonds is 3. The van der Waals surface area contributed by atoms with Crippen molar-refractivity contribution >= 4 is 15.9 Å². The van der Waals surface area contributed by atoms with E-state index in [0.717, 1.165) is 12.1 Å². The Kier molecular flexibility index (Phi) is 5.00. The van der Waals surface area contributed by atoms with Crippen LogP contribution in [0.25, 0.3) is 0 Å². The van der Waals surface area contributed by atoms with Gasteiger partial charge in [0.05, 0.1) is 16.9 Å². The highest BCUT2D eigenvalue weighted by Crippen LogP contribution is 2.32. The second-order valence-corrected chi connectivity index (χ2v) is 7.39. The number of nitrogens with zero attached hydrogens (tertiary/aromatic N) is 2. The number of benzene rings is 1. The third-order valence-corrected chi connectivity index (χ3v) is 5.63. The molecule has 9 heteroatoms. The maximum absolute atomic E-state index is 13.0. The SMILES string of the molecule is CCS(=O)(=O)N1CCN(C(=O)c2ccccc2C(F)(F)F)CC1.